The molecule has 0 aliphatic rings. The predicted octanol–water partition coefficient (Wildman–Crippen LogP) is 3.69. The molecule has 0 bridgehead atoms. The maximum absolute atomic E-state index is 4.76. The van der Waals surface area contributed by atoms with E-state index in [9.17, 15) is 0 Å². The number of benzene rings is 2. The number of aromatic nitrogens is 3. The fraction of sp³-hybridized carbons (Fsp3) is 0. The van der Waals surface area contributed by atoms with Crippen molar-refractivity contribution in [2.75, 3.05) is 0 Å². The van der Waals surface area contributed by atoms with Crippen LogP contribution in [0.5, 0.6) is 0 Å². The van der Waals surface area contributed by atoms with Crippen molar-refractivity contribution in [1.29, 1.82) is 0 Å². The van der Waals surface area contributed by atoms with Crippen molar-refractivity contribution in [2.45, 2.75) is 0 Å². The molecule has 2 aromatic carbocycles. The Bertz CT molecular complexity index is 593. The van der Waals surface area contributed by atoms with Gasteiger partial charge in [-0.3, -0.25) is 0 Å². The molecule has 0 unspecified atom stereocenters. The number of rotatable bonds is 2. The number of hydrogen-bond acceptors (Lipinski definition) is 3. The Hall–Kier alpha value is -1.64. The number of halogens is 1. The van der Waals surface area contributed by atoms with Crippen LogP contribution in [0.2, 0.25) is 0 Å². The Morgan fingerprint density at radius 3 is 1.50 bits per heavy atom. The molecule has 1 heterocycles. The molecule has 0 saturated heterocycles. The van der Waals surface area contributed by atoms with Crippen LogP contribution in [-0.4, -0.2) is 15.0 Å². The standard InChI is InChI=1S/C15H10N3.ClH.Zn/c1-3-7-12(8-4-1)14-16-11-17-15(18-14)13-9-5-2-6-10-13;;/h1-10H;1H;/q-1;;+2/p-1. The van der Waals surface area contributed by atoms with E-state index in [2.05, 4.69) is 21.3 Å². The zero-order valence-corrected chi connectivity index (χ0v) is 14.4. The monoisotopic (exact) mass is 331 g/mol. The van der Waals surface area contributed by atoms with E-state index in [-0.39, 0.29) is 0 Å². The van der Waals surface area contributed by atoms with Crippen molar-refractivity contribution in [2.24, 2.45) is 0 Å². The molecule has 1 aromatic heterocycles. The summed E-state index contributed by atoms with van der Waals surface area (Å²) in [4.78, 5) is 12.6. The summed E-state index contributed by atoms with van der Waals surface area (Å²) in [6.07, 6.45) is 2.66. The first-order valence-corrected chi connectivity index (χ1v) is 9.83. The third-order valence-corrected chi connectivity index (χ3v) is 2.59. The van der Waals surface area contributed by atoms with E-state index < -0.39 is 0 Å². The summed E-state index contributed by atoms with van der Waals surface area (Å²) in [6, 6.07) is 19.6. The summed E-state index contributed by atoms with van der Waals surface area (Å²) < 4.78 is 0. The molecule has 0 aliphatic carbocycles. The summed E-state index contributed by atoms with van der Waals surface area (Å²) in [6.45, 7) is 0. The van der Waals surface area contributed by atoms with Gasteiger partial charge in [0.05, 0.1) is 0 Å². The zero-order valence-electron chi connectivity index (χ0n) is 10.7. The van der Waals surface area contributed by atoms with E-state index in [1.807, 2.05) is 60.7 Å². The minimum atomic E-state index is 0.643. The van der Waals surface area contributed by atoms with Crippen molar-refractivity contribution in [1.82, 2.24) is 15.0 Å². The third-order valence-electron chi connectivity index (χ3n) is 2.59. The van der Waals surface area contributed by atoms with Crippen molar-refractivity contribution >= 4 is 9.69 Å². The molecule has 0 atom stereocenters. The quantitative estimate of drug-likeness (QED) is 0.530. The molecular formula is C15H10ClN3Zn. The van der Waals surface area contributed by atoms with Gasteiger partial charge in [0.2, 0.25) is 0 Å². The van der Waals surface area contributed by atoms with Crippen LogP contribution >= 0.6 is 9.69 Å². The first-order chi connectivity index (χ1) is 9.93. The van der Waals surface area contributed by atoms with Crippen LogP contribution in [0.4, 0.5) is 0 Å². The van der Waals surface area contributed by atoms with Crippen LogP contribution < -0.4 is 0 Å². The third kappa shape index (κ3) is 3.69. The van der Waals surface area contributed by atoms with Crippen LogP contribution in [0.15, 0.2) is 60.7 Å². The van der Waals surface area contributed by atoms with Gasteiger partial charge >= 0.3 is 27.0 Å². The second-order valence-corrected chi connectivity index (χ2v) is 3.81. The summed E-state index contributed by atoms with van der Waals surface area (Å²) in [5.74, 6) is 1.29. The normalized spacial score (nSPS) is 9.55. The Balaban J connectivity index is 0.000000704. The van der Waals surface area contributed by atoms with E-state index >= 15 is 0 Å². The first kappa shape index (κ1) is 14.8. The van der Waals surface area contributed by atoms with Crippen LogP contribution in [-0.2, 0) is 17.3 Å². The predicted molar refractivity (Wildman–Crippen MR) is 75.4 cm³/mol. The van der Waals surface area contributed by atoms with Gasteiger partial charge in [0.1, 0.15) is 0 Å². The largest absolute Gasteiger partial charge is 0.348 e. The van der Waals surface area contributed by atoms with Gasteiger partial charge in [0, 0.05) is 18.0 Å². The second kappa shape index (κ2) is 7.83. The van der Waals surface area contributed by atoms with Crippen LogP contribution in [0.1, 0.15) is 0 Å². The topological polar surface area (TPSA) is 38.7 Å². The smallest absolute Gasteiger partial charge is 0.0474 e. The fourth-order valence-corrected chi connectivity index (χ4v) is 1.70. The maximum Gasteiger partial charge on any atom is 0.0474 e. The van der Waals surface area contributed by atoms with Crippen LogP contribution in [0.3, 0.4) is 0 Å². The van der Waals surface area contributed by atoms with Gasteiger partial charge in [0.15, 0.2) is 0 Å². The van der Waals surface area contributed by atoms with Gasteiger partial charge in [-0.25, -0.2) is 0 Å². The molecule has 0 saturated carbocycles. The summed E-state index contributed by atoms with van der Waals surface area (Å²) in [5.41, 5.74) is 1.93. The van der Waals surface area contributed by atoms with Gasteiger partial charge in [0.25, 0.3) is 0 Å². The molecule has 0 amide bonds. The maximum atomic E-state index is 4.76. The molecule has 94 valence electrons. The number of nitrogens with zero attached hydrogens (tertiary/aromatic N) is 3. The molecule has 0 aliphatic heterocycles. The van der Waals surface area contributed by atoms with Gasteiger partial charge in [-0.05, 0) is 11.1 Å². The molecule has 20 heavy (non-hydrogen) atoms. The molecule has 0 fully saturated rings. The number of hydrogen-bond donors (Lipinski definition) is 0. The van der Waals surface area contributed by atoms with E-state index in [0.29, 0.717) is 11.6 Å². The molecule has 0 radical (unpaired) electrons. The SMILES string of the molecule is [Cl][Zn+].[c-]1nc(-c2ccccc2)nc(-c2ccccc2)n1. The summed E-state index contributed by atoms with van der Waals surface area (Å²) >= 11 is 0.847. The molecular weight excluding hydrogens is 323 g/mol. The van der Waals surface area contributed by atoms with E-state index in [1.54, 1.807) is 0 Å². The molecule has 3 aromatic rings. The van der Waals surface area contributed by atoms with E-state index in [0.717, 1.165) is 28.4 Å². The summed E-state index contributed by atoms with van der Waals surface area (Å²) in [5, 5.41) is 0. The van der Waals surface area contributed by atoms with Crippen LogP contribution in [0.25, 0.3) is 22.8 Å². The van der Waals surface area contributed by atoms with Gasteiger partial charge in [-0.15, -0.1) is 0 Å². The Morgan fingerprint density at radius 2 is 1.10 bits per heavy atom. The molecule has 0 spiro atoms. The Kier molecular flexibility index (Phi) is 5.78. The molecule has 0 N–H and O–H groups in total. The molecule has 5 heteroatoms. The van der Waals surface area contributed by atoms with E-state index in [1.165, 1.54) is 0 Å². The zero-order chi connectivity index (χ0) is 14.2. The Morgan fingerprint density at radius 1 is 0.700 bits per heavy atom. The van der Waals surface area contributed by atoms with Gasteiger partial charge in [-0.2, -0.15) is 0 Å². The second-order valence-electron chi connectivity index (χ2n) is 3.81. The van der Waals surface area contributed by atoms with Crippen LogP contribution in [0, 0.1) is 6.33 Å². The Labute approximate surface area is 131 Å². The molecule has 3 nitrogen and oxygen atoms in total. The van der Waals surface area contributed by atoms with Crippen molar-refractivity contribution in [3.05, 3.63) is 67.0 Å². The fourth-order valence-electron chi connectivity index (χ4n) is 1.70. The van der Waals surface area contributed by atoms with Crippen molar-refractivity contribution in [3.8, 4) is 22.8 Å². The van der Waals surface area contributed by atoms with Gasteiger partial charge < -0.3 is 15.0 Å². The minimum Gasteiger partial charge on any atom is -0.348 e. The van der Waals surface area contributed by atoms with Crippen molar-refractivity contribution < 1.29 is 17.3 Å². The van der Waals surface area contributed by atoms with E-state index in [4.69, 9.17) is 9.69 Å². The average Bonchev–Trinajstić information content (AvgIpc) is 2.58. The first-order valence-electron chi connectivity index (χ1n) is 5.93. The minimum absolute atomic E-state index is 0.643. The molecule has 3 rings (SSSR count). The summed E-state index contributed by atoms with van der Waals surface area (Å²) in [7, 11) is 4.76. The van der Waals surface area contributed by atoms with Gasteiger partial charge in [-0.1, -0.05) is 60.7 Å². The average molecular weight is 333 g/mol. The van der Waals surface area contributed by atoms with Crippen molar-refractivity contribution in [3.63, 3.8) is 0 Å².